The van der Waals surface area contributed by atoms with Crippen molar-refractivity contribution in [1.29, 1.82) is 0 Å². The Hall–Kier alpha value is -1.43. The van der Waals surface area contributed by atoms with Gasteiger partial charge >= 0.3 is 0 Å². The molecule has 94 valence electrons. The maximum atomic E-state index is 13.8. The summed E-state index contributed by atoms with van der Waals surface area (Å²) in [5.74, 6) is -0.657. The van der Waals surface area contributed by atoms with Crippen molar-refractivity contribution in [3.05, 3.63) is 40.6 Å². The molecule has 1 aliphatic carbocycles. The number of nitrogens with zero attached hydrogens (tertiary/aromatic N) is 2. The Morgan fingerprint density at radius 2 is 2.06 bits per heavy atom. The van der Waals surface area contributed by atoms with Crippen molar-refractivity contribution < 1.29 is 8.78 Å². The van der Waals surface area contributed by atoms with E-state index in [-0.39, 0.29) is 10.2 Å². The van der Waals surface area contributed by atoms with E-state index in [0.717, 1.165) is 18.9 Å². The van der Waals surface area contributed by atoms with E-state index < -0.39 is 11.6 Å². The Morgan fingerprint density at radius 3 is 2.78 bits per heavy atom. The molecule has 3 rings (SSSR count). The van der Waals surface area contributed by atoms with E-state index in [4.69, 9.17) is 0 Å². The molecular formula is C12H10BrF2N3. The second-order valence-corrected chi connectivity index (χ2v) is 5.11. The smallest absolute Gasteiger partial charge is 0.207 e. The number of rotatable bonds is 3. The number of aromatic nitrogens is 2. The number of anilines is 1. The van der Waals surface area contributed by atoms with Gasteiger partial charge in [-0.05, 0) is 34.8 Å². The van der Waals surface area contributed by atoms with Crippen LogP contribution in [0.5, 0.6) is 0 Å². The molecule has 6 heteroatoms. The van der Waals surface area contributed by atoms with Gasteiger partial charge in [-0.1, -0.05) is 0 Å². The van der Waals surface area contributed by atoms with Crippen molar-refractivity contribution >= 4 is 21.9 Å². The second-order valence-electron chi connectivity index (χ2n) is 4.26. The van der Waals surface area contributed by atoms with Crippen LogP contribution in [0.1, 0.15) is 12.8 Å². The number of hydrogen-bond donors (Lipinski definition) is 1. The molecule has 0 unspecified atom stereocenters. The Kier molecular flexibility index (Phi) is 2.81. The molecule has 0 bridgehead atoms. The summed E-state index contributed by atoms with van der Waals surface area (Å²) in [6.07, 6.45) is 5.43. The third kappa shape index (κ3) is 2.12. The van der Waals surface area contributed by atoms with Crippen molar-refractivity contribution in [2.24, 2.45) is 0 Å². The van der Waals surface area contributed by atoms with E-state index in [2.05, 4.69) is 26.2 Å². The first-order chi connectivity index (χ1) is 8.65. The molecule has 1 saturated carbocycles. The molecular weight excluding hydrogens is 304 g/mol. The average Bonchev–Trinajstić information content (AvgIpc) is 3.02. The van der Waals surface area contributed by atoms with E-state index in [1.54, 1.807) is 17.0 Å². The van der Waals surface area contributed by atoms with Crippen LogP contribution >= 0.6 is 15.9 Å². The van der Waals surface area contributed by atoms with Gasteiger partial charge in [0.05, 0.1) is 10.2 Å². The van der Waals surface area contributed by atoms with Crippen LogP contribution in [0.15, 0.2) is 29.0 Å². The highest BCUT2D eigenvalue weighted by atomic mass is 79.9. The van der Waals surface area contributed by atoms with E-state index in [1.807, 2.05) is 0 Å². The summed E-state index contributed by atoms with van der Waals surface area (Å²) >= 11 is 3.06. The van der Waals surface area contributed by atoms with E-state index >= 15 is 0 Å². The summed E-state index contributed by atoms with van der Waals surface area (Å²) < 4.78 is 28.8. The van der Waals surface area contributed by atoms with E-state index in [1.165, 1.54) is 6.07 Å². The lowest BCUT2D eigenvalue weighted by atomic mass is 10.3. The predicted octanol–water partition coefficient (Wildman–Crippen LogP) is 3.49. The van der Waals surface area contributed by atoms with Gasteiger partial charge in [0, 0.05) is 24.5 Å². The Balaban J connectivity index is 2.03. The quantitative estimate of drug-likeness (QED) is 0.879. The van der Waals surface area contributed by atoms with Crippen LogP contribution in [0.4, 0.5) is 14.7 Å². The summed E-state index contributed by atoms with van der Waals surface area (Å²) in [6.45, 7) is 0. The first kappa shape index (κ1) is 11.6. The maximum Gasteiger partial charge on any atom is 0.207 e. The molecule has 0 aliphatic heterocycles. The summed E-state index contributed by atoms with van der Waals surface area (Å²) in [5.41, 5.74) is 0.268. The number of nitrogens with one attached hydrogen (secondary N) is 1. The molecule has 1 aromatic carbocycles. The molecule has 1 aromatic heterocycles. The SMILES string of the molecule is Fc1cc(F)c(-n2ccnc2NC2CC2)cc1Br. The molecule has 1 heterocycles. The van der Waals surface area contributed by atoms with Gasteiger partial charge in [-0.15, -0.1) is 0 Å². The van der Waals surface area contributed by atoms with Gasteiger partial charge in [0.1, 0.15) is 11.6 Å². The molecule has 0 amide bonds. The zero-order chi connectivity index (χ0) is 12.7. The van der Waals surface area contributed by atoms with Crippen molar-refractivity contribution in [3.8, 4) is 5.69 Å². The predicted molar refractivity (Wildman–Crippen MR) is 67.8 cm³/mol. The monoisotopic (exact) mass is 313 g/mol. The van der Waals surface area contributed by atoms with Crippen molar-refractivity contribution in [2.75, 3.05) is 5.32 Å². The third-order valence-electron chi connectivity index (χ3n) is 2.80. The highest BCUT2D eigenvalue weighted by Gasteiger charge is 2.23. The van der Waals surface area contributed by atoms with Crippen LogP contribution in [-0.2, 0) is 0 Å². The van der Waals surface area contributed by atoms with Crippen LogP contribution in [0.2, 0.25) is 0 Å². The Morgan fingerprint density at radius 1 is 1.28 bits per heavy atom. The number of hydrogen-bond acceptors (Lipinski definition) is 2. The molecule has 1 aliphatic rings. The number of halogens is 3. The molecule has 0 radical (unpaired) electrons. The largest absolute Gasteiger partial charge is 0.353 e. The maximum absolute atomic E-state index is 13.8. The van der Waals surface area contributed by atoms with E-state index in [9.17, 15) is 8.78 Å². The van der Waals surface area contributed by atoms with Gasteiger partial charge in [0.25, 0.3) is 0 Å². The zero-order valence-electron chi connectivity index (χ0n) is 9.33. The lowest BCUT2D eigenvalue weighted by Gasteiger charge is -2.10. The fourth-order valence-corrected chi connectivity index (χ4v) is 2.04. The highest BCUT2D eigenvalue weighted by Crippen LogP contribution is 2.28. The lowest BCUT2D eigenvalue weighted by molar-refractivity contribution is 0.574. The van der Waals surface area contributed by atoms with Crippen molar-refractivity contribution in [1.82, 2.24) is 9.55 Å². The average molecular weight is 314 g/mol. The molecule has 3 nitrogen and oxygen atoms in total. The van der Waals surface area contributed by atoms with Gasteiger partial charge in [0.15, 0.2) is 0 Å². The van der Waals surface area contributed by atoms with Gasteiger partial charge in [-0.3, -0.25) is 4.57 Å². The summed E-state index contributed by atoms with van der Waals surface area (Å²) in [5, 5.41) is 3.20. The summed E-state index contributed by atoms with van der Waals surface area (Å²) in [6, 6.07) is 2.68. The standard InChI is InChI=1S/C12H10BrF2N3/c13-8-5-11(10(15)6-9(8)14)18-4-3-16-12(18)17-7-1-2-7/h3-7H,1-2H2,(H,16,17). The normalized spacial score (nSPS) is 14.8. The zero-order valence-corrected chi connectivity index (χ0v) is 10.9. The third-order valence-corrected chi connectivity index (χ3v) is 3.41. The van der Waals surface area contributed by atoms with Crippen LogP contribution < -0.4 is 5.32 Å². The lowest BCUT2D eigenvalue weighted by Crippen LogP contribution is -2.09. The minimum Gasteiger partial charge on any atom is -0.353 e. The minimum absolute atomic E-state index is 0.227. The van der Waals surface area contributed by atoms with Gasteiger partial charge in [-0.25, -0.2) is 13.8 Å². The Labute approximate surface area is 111 Å². The van der Waals surface area contributed by atoms with Crippen molar-refractivity contribution in [3.63, 3.8) is 0 Å². The highest BCUT2D eigenvalue weighted by molar-refractivity contribution is 9.10. The second kappa shape index (κ2) is 4.35. The first-order valence-corrected chi connectivity index (χ1v) is 6.39. The number of benzene rings is 1. The molecule has 18 heavy (non-hydrogen) atoms. The number of imidazole rings is 1. The van der Waals surface area contributed by atoms with Crippen LogP contribution in [0.25, 0.3) is 5.69 Å². The van der Waals surface area contributed by atoms with Gasteiger partial charge < -0.3 is 5.32 Å². The fourth-order valence-electron chi connectivity index (χ4n) is 1.71. The Bertz CT molecular complexity index is 593. The van der Waals surface area contributed by atoms with Crippen molar-refractivity contribution in [2.45, 2.75) is 18.9 Å². The van der Waals surface area contributed by atoms with Gasteiger partial charge in [-0.2, -0.15) is 0 Å². The molecule has 0 spiro atoms. The topological polar surface area (TPSA) is 29.9 Å². The molecule has 0 atom stereocenters. The van der Waals surface area contributed by atoms with Crippen LogP contribution in [-0.4, -0.2) is 15.6 Å². The molecule has 0 saturated heterocycles. The molecule has 1 N–H and O–H groups in total. The minimum atomic E-state index is -0.618. The van der Waals surface area contributed by atoms with Crippen LogP contribution in [0.3, 0.4) is 0 Å². The first-order valence-electron chi connectivity index (χ1n) is 5.60. The molecule has 2 aromatic rings. The fraction of sp³-hybridized carbons (Fsp3) is 0.250. The van der Waals surface area contributed by atoms with E-state index in [0.29, 0.717) is 12.0 Å². The molecule has 1 fully saturated rings. The van der Waals surface area contributed by atoms with Crippen LogP contribution in [0, 0.1) is 11.6 Å². The summed E-state index contributed by atoms with van der Waals surface area (Å²) in [4.78, 5) is 4.14. The summed E-state index contributed by atoms with van der Waals surface area (Å²) in [7, 11) is 0. The van der Waals surface area contributed by atoms with Gasteiger partial charge in [0.2, 0.25) is 5.95 Å².